The Balaban J connectivity index is 1.32. The number of carbonyl (C=O) groups is 1. The second-order valence-corrected chi connectivity index (χ2v) is 11.0. The summed E-state index contributed by atoms with van der Waals surface area (Å²) in [5.74, 6) is 2.65. The fourth-order valence-electron chi connectivity index (χ4n) is 5.53. The van der Waals surface area contributed by atoms with Gasteiger partial charge >= 0.3 is 6.03 Å². The number of amides is 2. The molecule has 5 heterocycles. The molecule has 1 saturated heterocycles. The third-order valence-corrected chi connectivity index (χ3v) is 8.18. The van der Waals surface area contributed by atoms with Crippen molar-refractivity contribution in [1.82, 2.24) is 24.8 Å². The summed E-state index contributed by atoms with van der Waals surface area (Å²) >= 11 is 6.59. The monoisotopic (exact) mass is 569 g/mol. The van der Waals surface area contributed by atoms with Crippen LogP contribution in [0.15, 0.2) is 61.1 Å². The lowest BCUT2D eigenvalue weighted by Gasteiger charge is -2.36. The van der Waals surface area contributed by atoms with E-state index in [1.165, 1.54) is 10.5 Å². The number of piperidine rings is 1. The number of ether oxygens (including phenoxy) is 1. The molecule has 1 aromatic carbocycles. The smallest absolute Gasteiger partial charge is 0.336 e. The van der Waals surface area contributed by atoms with Crippen molar-refractivity contribution in [3.8, 4) is 5.75 Å². The maximum Gasteiger partial charge on any atom is 0.336 e. The predicted molar refractivity (Wildman–Crippen MR) is 159 cm³/mol. The molecule has 41 heavy (non-hydrogen) atoms. The lowest BCUT2D eigenvalue weighted by molar-refractivity contribution is 0.252. The Morgan fingerprint density at radius 2 is 1.83 bits per heavy atom. The van der Waals surface area contributed by atoms with Gasteiger partial charge in [-0.15, -0.1) is 0 Å². The van der Waals surface area contributed by atoms with Crippen molar-refractivity contribution in [2.45, 2.75) is 38.6 Å². The molecule has 9 nitrogen and oxygen atoms in total. The van der Waals surface area contributed by atoms with E-state index < -0.39 is 0 Å². The number of urea groups is 1. The first-order valence-electron chi connectivity index (χ1n) is 13.8. The zero-order chi connectivity index (χ0) is 28.5. The van der Waals surface area contributed by atoms with Gasteiger partial charge in [-0.05, 0) is 81.2 Å². The number of likely N-dealkylation sites (tertiary alicyclic amines) is 1. The van der Waals surface area contributed by atoms with Gasteiger partial charge in [0.25, 0.3) is 0 Å². The van der Waals surface area contributed by atoms with Crippen molar-refractivity contribution in [2.75, 3.05) is 37.0 Å². The Hall–Kier alpha value is -4.08. The lowest BCUT2D eigenvalue weighted by Crippen LogP contribution is -2.46. The van der Waals surface area contributed by atoms with Crippen LogP contribution in [0.3, 0.4) is 0 Å². The van der Waals surface area contributed by atoms with E-state index in [-0.39, 0.29) is 12.6 Å². The first-order valence-corrected chi connectivity index (χ1v) is 14.1. The number of fused-ring (bicyclic) bond motifs is 1. The molecule has 210 valence electrons. The summed E-state index contributed by atoms with van der Waals surface area (Å²) in [6, 6.07) is 13.1. The van der Waals surface area contributed by atoms with E-state index in [2.05, 4.69) is 34.0 Å². The molecule has 0 atom stereocenters. The maximum absolute atomic E-state index is 14.1. The Labute approximate surface area is 244 Å². The number of para-hydroxylation sites is 1. The quantitative estimate of drug-likeness (QED) is 0.285. The molecule has 0 saturated carbocycles. The molecule has 0 unspecified atom stereocenters. The molecule has 3 aromatic heterocycles. The first kappa shape index (κ1) is 27.1. The number of rotatable bonds is 6. The third kappa shape index (κ3) is 5.47. The van der Waals surface area contributed by atoms with Gasteiger partial charge < -0.3 is 9.64 Å². The van der Waals surface area contributed by atoms with Crippen LogP contribution in [-0.4, -0.2) is 58.1 Å². The number of benzene rings is 1. The average molecular weight is 570 g/mol. The molecule has 0 radical (unpaired) electrons. The summed E-state index contributed by atoms with van der Waals surface area (Å²) in [5, 5.41) is 0.497. The van der Waals surface area contributed by atoms with Crippen LogP contribution in [0, 0.1) is 6.92 Å². The van der Waals surface area contributed by atoms with Gasteiger partial charge in [0, 0.05) is 23.7 Å². The summed E-state index contributed by atoms with van der Waals surface area (Å²) < 4.78 is 5.28. The number of aromatic nitrogens is 4. The van der Waals surface area contributed by atoms with E-state index in [4.69, 9.17) is 26.3 Å². The van der Waals surface area contributed by atoms with Crippen molar-refractivity contribution >= 4 is 35.0 Å². The molecular formula is C31H32ClN7O2. The SMILES string of the molecule is COc1ccc(N2C(=O)N(c3c(C)cccc3Cl)Cc3cnc(Cc4ccc(C5CCN(C)CC5)cn4)nc32)nc1. The van der Waals surface area contributed by atoms with Gasteiger partial charge in [-0.3, -0.25) is 9.88 Å². The Kier molecular flexibility index (Phi) is 7.55. The molecule has 0 aliphatic carbocycles. The van der Waals surface area contributed by atoms with Crippen LogP contribution >= 0.6 is 11.6 Å². The Morgan fingerprint density at radius 1 is 1.00 bits per heavy atom. The number of carbonyl (C=O) groups excluding carboxylic acids is 1. The molecular weight excluding hydrogens is 538 g/mol. The van der Waals surface area contributed by atoms with Crippen LogP contribution in [0.1, 0.15) is 47.0 Å². The number of methoxy groups -OCH3 is 1. The number of hydrogen-bond acceptors (Lipinski definition) is 7. The van der Waals surface area contributed by atoms with Gasteiger partial charge in [-0.1, -0.05) is 29.8 Å². The fraction of sp³-hybridized carbons (Fsp3) is 0.323. The zero-order valence-corrected chi connectivity index (χ0v) is 24.2. The first-order chi connectivity index (χ1) is 19.9. The molecule has 2 aliphatic rings. The highest BCUT2D eigenvalue weighted by Crippen LogP contribution is 2.39. The summed E-state index contributed by atoms with van der Waals surface area (Å²) in [7, 11) is 3.75. The molecule has 4 aromatic rings. The molecule has 1 fully saturated rings. The van der Waals surface area contributed by atoms with Crippen molar-refractivity contribution < 1.29 is 9.53 Å². The van der Waals surface area contributed by atoms with Gasteiger partial charge in [0.1, 0.15) is 17.4 Å². The van der Waals surface area contributed by atoms with E-state index in [1.807, 2.05) is 25.3 Å². The minimum Gasteiger partial charge on any atom is -0.495 e. The van der Waals surface area contributed by atoms with Crippen LogP contribution in [0.2, 0.25) is 5.02 Å². The third-order valence-electron chi connectivity index (χ3n) is 7.87. The highest BCUT2D eigenvalue weighted by Gasteiger charge is 2.36. The molecule has 2 aliphatic heterocycles. The van der Waals surface area contributed by atoms with Gasteiger partial charge in [0.05, 0.1) is 37.0 Å². The van der Waals surface area contributed by atoms with E-state index >= 15 is 0 Å². The van der Waals surface area contributed by atoms with Crippen LogP contribution in [0.5, 0.6) is 5.75 Å². The number of hydrogen-bond donors (Lipinski definition) is 0. The normalized spacial score (nSPS) is 16.1. The summed E-state index contributed by atoms with van der Waals surface area (Å²) in [6.07, 6.45) is 8.11. The second-order valence-electron chi connectivity index (χ2n) is 10.6. The van der Waals surface area contributed by atoms with Gasteiger partial charge in [-0.25, -0.2) is 24.6 Å². The largest absolute Gasteiger partial charge is 0.495 e. The number of halogens is 1. The summed E-state index contributed by atoms with van der Waals surface area (Å²) in [6.45, 7) is 4.45. The van der Waals surface area contributed by atoms with E-state index in [1.54, 1.807) is 42.6 Å². The lowest BCUT2D eigenvalue weighted by atomic mass is 9.90. The standard InChI is InChI=1S/C31H32ClN7O2/c1-20-5-4-6-26(32)29(20)38-19-23-17-34-27(15-24-8-7-22(16-33-24)21-11-13-37(2)14-12-21)36-30(23)39(31(38)40)28-10-9-25(41-3)18-35-28/h4-10,16-18,21H,11-15,19H2,1-3H3. The average Bonchev–Trinajstić information content (AvgIpc) is 2.98. The van der Waals surface area contributed by atoms with Crippen molar-refractivity contribution in [2.24, 2.45) is 0 Å². The summed E-state index contributed by atoms with van der Waals surface area (Å²) in [5.41, 5.74) is 4.50. The Bertz CT molecular complexity index is 1530. The summed E-state index contributed by atoms with van der Waals surface area (Å²) in [4.78, 5) is 38.4. The van der Waals surface area contributed by atoms with Crippen molar-refractivity contribution in [3.63, 3.8) is 0 Å². The van der Waals surface area contributed by atoms with E-state index in [0.29, 0.717) is 46.3 Å². The zero-order valence-electron chi connectivity index (χ0n) is 23.4. The fourth-order valence-corrected chi connectivity index (χ4v) is 5.85. The van der Waals surface area contributed by atoms with Gasteiger partial charge in [0.2, 0.25) is 0 Å². The van der Waals surface area contributed by atoms with Crippen molar-refractivity contribution in [3.05, 3.63) is 94.3 Å². The number of aryl methyl sites for hydroxylation is 1. The number of nitrogens with zero attached hydrogens (tertiary/aromatic N) is 7. The van der Waals surface area contributed by atoms with Crippen LogP contribution in [0.4, 0.5) is 22.1 Å². The molecule has 2 amide bonds. The topological polar surface area (TPSA) is 87.6 Å². The minimum absolute atomic E-state index is 0.287. The van der Waals surface area contributed by atoms with Crippen LogP contribution in [-0.2, 0) is 13.0 Å². The maximum atomic E-state index is 14.1. The highest BCUT2D eigenvalue weighted by molar-refractivity contribution is 6.34. The molecule has 0 N–H and O–H groups in total. The van der Waals surface area contributed by atoms with Gasteiger partial charge in [-0.2, -0.15) is 0 Å². The van der Waals surface area contributed by atoms with Crippen LogP contribution < -0.4 is 14.5 Å². The van der Waals surface area contributed by atoms with E-state index in [0.717, 1.165) is 42.8 Å². The van der Waals surface area contributed by atoms with E-state index in [9.17, 15) is 4.79 Å². The number of pyridine rings is 2. The predicted octanol–water partition coefficient (Wildman–Crippen LogP) is 5.92. The molecule has 0 bridgehead atoms. The van der Waals surface area contributed by atoms with Gasteiger partial charge in [0.15, 0.2) is 5.82 Å². The molecule has 6 rings (SSSR count). The molecule has 10 heteroatoms. The highest BCUT2D eigenvalue weighted by atomic mass is 35.5. The van der Waals surface area contributed by atoms with Crippen molar-refractivity contribution in [1.29, 1.82) is 0 Å². The van der Waals surface area contributed by atoms with Crippen LogP contribution in [0.25, 0.3) is 0 Å². The molecule has 0 spiro atoms. The second kappa shape index (κ2) is 11.4. The minimum atomic E-state index is -0.295. The number of anilines is 3. The Morgan fingerprint density at radius 3 is 2.51 bits per heavy atom.